The van der Waals surface area contributed by atoms with Gasteiger partial charge in [-0.05, 0) is 5.56 Å². The number of rotatable bonds is 3. The van der Waals surface area contributed by atoms with Gasteiger partial charge in [0.25, 0.3) is 0 Å². The molecule has 0 amide bonds. The van der Waals surface area contributed by atoms with Crippen LogP contribution in [-0.2, 0) is 13.5 Å². The number of aliphatic hydroxyl groups is 1. The molecular formula is C11H13N3O. The van der Waals surface area contributed by atoms with Crippen LogP contribution in [0.2, 0.25) is 0 Å². The van der Waals surface area contributed by atoms with E-state index >= 15 is 0 Å². The Balaban J connectivity index is 2.07. The molecule has 2 rings (SSSR count). The van der Waals surface area contributed by atoms with Crippen molar-refractivity contribution < 1.29 is 5.11 Å². The van der Waals surface area contributed by atoms with Gasteiger partial charge in [-0.3, -0.25) is 4.68 Å². The molecule has 1 aromatic heterocycles. The number of aliphatic hydroxyl groups excluding tert-OH is 1. The second kappa shape index (κ2) is 4.23. The lowest BCUT2D eigenvalue weighted by Gasteiger charge is -2.07. The molecule has 2 aromatic rings. The predicted molar refractivity (Wildman–Crippen MR) is 56.1 cm³/mol. The molecule has 1 aromatic carbocycles. The topological polar surface area (TPSA) is 50.9 Å². The van der Waals surface area contributed by atoms with Crippen LogP contribution in [0, 0.1) is 0 Å². The zero-order chi connectivity index (χ0) is 10.7. The van der Waals surface area contributed by atoms with E-state index in [1.807, 2.05) is 43.6 Å². The molecule has 4 nitrogen and oxygen atoms in total. The minimum atomic E-state index is -0.511. The van der Waals surface area contributed by atoms with Crippen LogP contribution in [-0.4, -0.2) is 20.1 Å². The van der Waals surface area contributed by atoms with E-state index in [0.717, 1.165) is 11.3 Å². The third kappa shape index (κ3) is 2.41. The molecule has 0 saturated carbocycles. The molecule has 0 fully saturated rings. The highest BCUT2D eigenvalue weighted by Crippen LogP contribution is 2.15. The quantitative estimate of drug-likeness (QED) is 0.812. The largest absolute Gasteiger partial charge is 0.388 e. The molecule has 15 heavy (non-hydrogen) atoms. The lowest BCUT2D eigenvalue weighted by Crippen LogP contribution is -2.01. The summed E-state index contributed by atoms with van der Waals surface area (Å²) in [5.74, 6) is 0. The first-order valence-electron chi connectivity index (χ1n) is 4.84. The summed E-state index contributed by atoms with van der Waals surface area (Å²) in [4.78, 5) is 0. The smallest absolute Gasteiger partial charge is 0.0856 e. The first-order valence-corrected chi connectivity index (χ1v) is 4.84. The van der Waals surface area contributed by atoms with E-state index in [4.69, 9.17) is 0 Å². The van der Waals surface area contributed by atoms with Crippen molar-refractivity contribution in [3.63, 3.8) is 0 Å². The fraction of sp³-hybridized carbons (Fsp3) is 0.273. The van der Waals surface area contributed by atoms with Crippen LogP contribution in [0.5, 0.6) is 0 Å². The maximum atomic E-state index is 9.91. The molecule has 0 aliphatic heterocycles. The van der Waals surface area contributed by atoms with E-state index in [9.17, 15) is 5.11 Å². The van der Waals surface area contributed by atoms with Crippen molar-refractivity contribution in [3.8, 4) is 0 Å². The molecule has 0 spiro atoms. The Hall–Kier alpha value is -1.68. The van der Waals surface area contributed by atoms with Gasteiger partial charge >= 0.3 is 0 Å². The second-order valence-corrected chi connectivity index (χ2v) is 3.51. The van der Waals surface area contributed by atoms with Crippen LogP contribution in [0.4, 0.5) is 0 Å². The van der Waals surface area contributed by atoms with E-state index in [1.165, 1.54) is 0 Å². The lowest BCUT2D eigenvalue weighted by atomic mass is 10.1. The van der Waals surface area contributed by atoms with Crippen LogP contribution in [0.15, 0.2) is 36.5 Å². The van der Waals surface area contributed by atoms with Crippen molar-refractivity contribution in [2.45, 2.75) is 12.5 Å². The normalized spacial score (nSPS) is 12.7. The highest BCUT2D eigenvalue weighted by molar-refractivity contribution is 5.18. The zero-order valence-electron chi connectivity index (χ0n) is 8.54. The number of nitrogens with zero attached hydrogens (tertiary/aromatic N) is 3. The van der Waals surface area contributed by atoms with Gasteiger partial charge in [0.2, 0.25) is 0 Å². The monoisotopic (exact) mass is 203 g/mol. The lowest BCUT2D eigenvalue weighted by molar-refractivity contribution is 0.177. The maximum Gasteiger partial charge on any atom is 0.0856 e. The van der Waals surface area contributed by atoms with E-state index in [0.29, 0.717) is 6.42 Å². The highest BCUT2D eigenvalue weighted by atomic mass is 16.3. The van der Waals surface area contributed by atoms with Gasteiger partial charge in [-0.2, -0.15) is 0 Å². The summed E-state index contributed by atoms with van der Waals surface area (Å²) in [6.45, 7) is 0. The van der Waals surface area contributed by atoms with Crippen molar-refractivity contribution in [1.29, 1.82) is 0 Å². The molecule has 0 aliphatic rings. The van der Waals surface area contributed by atoms with Gasteiger partial charge in [-0.25, -0.2) is 0 Å². The Bertz CT molecular complexity index is 424. The molecule has 1 heterocycles. The Morgan fingerprint density at radius 1 is 1.33 bits per heavy atom. The fourth-order valence-electron chi connectivity index (χ4n) is 1.48. The fourth-order valence-corrected chi connectivity index (χ4v) is 1.48. The van der Waals surface area contributed by atoms with Crippen molar-refractivity contribution in [3.05, 3.63) is 47.8 Å². The van der Waals surface area contributed by atoms with E-state index in [-0.39, 0.29) is 0 Å². The number of hydrogen-bond acceptors (Lipinski definition) is 3. The van der Waals surface area contributed by atoms with Gasteiger partial charge in [0.1, 0.15) is 0 Å². The minimum absolute atomic E-state index is 0.498. The van der Waals surface area contributed by atoms with Crippen molar-refractivity contribution >= 4 is 0 Å². The Labute approximate surface area is 88.2 Å². The Morgan fingerprint density at radius 3 is 2.67 bits per heavy atom. The van der Waals surface area contributed by atoms with Crippen molar-refractivity contribution in [2.75, 3.05) is 0 Å². The summed E-state index contributed by atoms with van der Waals surface area (Å²) in [6, 6.07) is 9.56. The molecular weight excluding hydrogens is 190 g/mol. The Kier molecular flexibility index (Phi) is 2.78. The first-order chi connectivity index (χ1) is 7.25. The molecule has 0 radical (unpaired) electrons. The highest BCUT2D eigenvalue weighted by Gasteiger charge is 2.09. The summed E-state index contributed by atoms with van der Waals surface area (Å²) in [6.07, 6.45) is 1.80. The van der Waals surface area contributed by atoms with Gasteiger partial charge in [0.05, 0.1) is 11.8 Å². The van der Waals surface area contributed by atoms with Crippen LogP contribution in [0.3, 0.4) is 0 Å². The van der Waals surface area contributed by atoms with Crippen LogP contribution >= 0.6 is 0 Å². The molecule has 4 heteroatoms. The SMILES string of the molecule is Cn1cc(CC(O)c2ccccc2)nn1. The van der Waals surface area contributed by atoms with Crippen LogP contribution in [0.25, 0.3) is 0 Å². The van der Waals surface area contributed by atoms with E-state index < -0.39 is 6.10 Å². The van der Waals surface area contributed by atoms with Crippen LogP contribution < -0.4 is 0 Å². The molecule has 0 saturated heterocycles. The molecule has 1 unspecified atom stereocenters. The molecule has 0 bridgehead atoms. The third-order valence-corrected chi connectivity index (χ3v) is 2.24. The average Bonchev–Trinajstić information content (AvgIpc) is 2.65. The summed E-state index contributed by atoms with van der Waals surface area (Å²) in [5.41, 5.74) is 1.71. The zero-order valence-corrected chi connectivity index (χ0v) is 8.54. The third-order valence-electron chi connectivity index (χ3n) is 2.24. The number of hydrogen-bond donors (Lipinski definition) is 1. The van der Waals surface area contributed by atoms with Gasteiger partial charge < -0.3 is 5.11 Å². The summed E-state index contributed by atoms with van der Waals surface area (Å²) < 4.78 is 1.63. The van der Waals surface area contributed by atoms with Crippen molar-refractivity contribution in [1.82, 2.24) is 15.0 Å². The maximum absolute atomic E-state index is 9.91. The average molecular weight is 203 g/mol. The van der Waals surface area contributed by atoms with Crippen molar-refractivity contribution in [2.24, 2.45) is 7.05 Å². The molecule has 78 valence electrons. The van der Waals surface area contributed by atoms with Gasteiger partial charge in [-0.1, -0.05) is 35.5 Å². The molecule has 0 aliphatic carbocycles. The standard InChI is InChI=1S/C11H13N3O/c1-14-8-10(12-13-14)7-11(15)9-5-3-2-4-6-9/h2-6,8,11,15H,7H2,1H3. The second-order valence-electron chi connectivity index (χ2n) is 3.51. The summed E-state index contributed by atoms with van der Waals surface area (Å²) >= 11 is 0. The molecule has 1 atom stereocenters. The molecule has 1 N–H and O–H groups in total. The Morgan fingerprint density at radius 2 is 2.07 bits per heavy atom. The number of aromatic nitrogens is 3. The number of benzene rings is 1. The minimum Gasteiger partial charge on any atom is -0.388 e. The van der Waals surface area contributed by atoms with E-state index in [2.05, 4.69) is 10.3 Å². The van der Waals surface area contributed by atoms with Crippen LogP contribution in [0.1, 0.15) is 17.4 Å². The van der Waals surface area contributed by atoms with E-state index in [1.54, 1.807) is 4.68 Å². The van der Waals surface area contributed by atoms with Gasteiger partial charge in [0, 0.05) is 19.7 Å². The first kappa shape index (κ1) is 9.86. The predicted octanol–water partition coefficient (Wildman–Crippen LogP) is 1.09. The van der Waals surface area contributed by atoms with Gasteiger partial charge in [0.15, 0.2) is 0 Å². The summed E-state index contributed by atoms with van der Waals surface area (Å²) in [7, 11) is 1.81. The number of aryl methyl sites for hydroxylation is 1. The summed E-state index contributed by atoms with van der Waals surface area (Å²) in [5, 5.41) is 17.7. The van der Waals surface area contributed by atoms with Gasteiger partial charge in [-0.15, -0.1) is 5.10 Å².